The van der Waals surface area contributed by atoms with Crippen LogP contribution in [0.15, 0.2) is 24.3 Å². The number of ether oxygens (including phenoxy) is 1. The summed E-state index contributed by atoms with van der Waals surface area (Å²) in [5.41, 5.74) is 2.43. The van der Waals surface area contributed by atoms with Gasteiger partial charge in [0, 0.05) is 0 Å². The molecule has 2 rings (SSSR count). The third-order valence-electron chi connectivity index (χ3n) is 3.83. The van der Waals surface area contributed by atoms with Crippen molar-refractivity contribution in [1.29, 1.82) is 0 Å². The van der Waals surface area contributed by atoms with E-state index in [0.29, 0.717) is 6.54 Å². The molecule has 4 heteroatoms. The number of hydrogen-bond donors (Lipinski definition) is 2. The van der Waals surface area contributed by atoms with E-state index < -0.39 is 0 Å². The van der Waals surface area contributed by atoms with E-state index in [-0.39, 0.29) is 11.9 Å². The third kappa shape index (κ3) is 4.32. The molecule has 0 radical (unpaired) electrons. The van der Waals surface area contributed by atoms with Gasteiger partial charge >= 0.3 is 0 Å². The lowest BCUT2D eigenvalue weighted by molar-refractivity contribution is -0.900. The molecule has 1 aliphatic rings. The average molecular weight is 277 g/mol. The Morgan fingerprint density at radius 1 is 1.30 bits per heavy atom. The number of rotatable bonds is 5. The van der Waals surface area contributed by atoms with Gasteiger partial charge < -0.3 is 15.0 Å². The molecule has 4 nitrogen and oxygen atoms in total. The van der Waals surface area contributed by atoms with Crippen LogP contribution in [-0.2, 0) is 9.53 Å². The lowest BCUT2D eigenvalue weighted by atomic mass is 10.0. The molecule has 0 unspecified atom stereocenters. The topological polar surface area (TPSA) is 42.8 Å². The zero-order chi connectivity index (χ0) is 14.4. The SMILES string of the molecule is CC[C@@H](NC(=O)C[NH+]1CCOCC1)c1ccc(C)cc1. The third-order valence-corrected chi connectivity index (χ3v) is 3.83. The van der Waals surface area contributed by atoms with E-state index in [1.54, 1.807) is 0 Å². The molecule has 1 amide bonds. The van der Waals surface area contributed by atoms with Crippen molar-refractivity contribution in [1.82, 2.24) is 5.32 Å². The number of quaternary nitrogens is 1. The van der Waals surface area contributed by atoms with E-state index in [4.69, 9.17) is 4.74 Å². The predicted molar refractivity (Wildman–Crippen MR) is 78.7 cm³/mol. The molecule has 1 saturated heterocycles. The Hall–Kier alpha value is -1.39. The van der Waals surface area contributed by atoms with Gasteiger partial charge in [-0.05, 0) is 18.9 Å². The highest BCUT2D eigenvalue weighted by atomic mass is 16.5. The quantitative estimate of drug-likeness (QED) is 0.822. The molecule has 0 bridgehead atoms. The van der Waals surface area contributed by atoms with Crippen molar-refractivity contribution >= 4 is 5.91 Å². The fourth-order valence-corrected chi connectivity index (χ4v) is 2.53. The maximum atomic E-state index is 12.1. The monoisotopic (exact) mass is 277 g/mol. The Labute approximate surface area is 121 Å². The number of hydrogen-bond acceptors (Lipinski definition) is 2. The Kier molecular flexibility index (Phi) is 5.56. The predicted octanol–water partition coefficient (Wildman–Crippen LogP) is 0.477. The summed E-state index contributed by atoms with van der Waals surface area (Å²) in [7, 11) is 0. The Balaban J connectivity index is 1.88. The van der Waals surface area contributed by atoms with Gasteiger partial charge in [0.25, 0.3) is 5.91 Å². The zero-order valence-corrected chi connectivity index (χ0v) is 12.4. The molecular formula is C16H25N2O2+. The Bertz CT molecular complexity index is 425. The first-order chi connectivity index (χ1) is 9.69. The van der Waals surface area contributed by atoms with Crippen molar-refractivity contribution in [3.63, 3.8) is 0 Å². The van der Waals surface area contributed by atoms with Gasteiger partial charge in [0.15, 0.2) is 6.54 Å². The van der Waals surface area contributed by atoms with Gasteiger partial charge in [-0.3, -0.25) is 4.79 Å². The van der Waals surface area contributed by atoms with Gasteiger partial charge in [0.05, 0.1) is 19.3 Å². The number of morpholine rings is 1. The highest BCUT2D eigenvalue weighted by Gasteiger charge is 2.20. The molecule has 0 aromatic heterocycles. The molecule has 1 aliphatic heterocycles. The maximum absolute atomic E-state index is 12.1. The van der Waals surface area contributed by atoms with Gasteiger partial charge in [-0.25, -0.2) is 0 Å². The second kappa shape index (κ2) is 7.41. The molecule has 0 saturated carbocycles. The summed E-state index contributed by atoms with van der Waals surface area (Å²) in [6.45, 7) is 8.10. The van der Waals surface area contributed by atoms with E-state index in [1.807, 2.05) is 0 Å². The van der Waals surface area contributed by atoms with Crippen LogP contribution >= 0.6 is 0 Å². The number of amides is 1. The van der Waals surface area contributed by atoms with Gasteiger partial charge in [-0.15, -0.1) is 0 Å². The minimum absolute atomic E-state index is 0.114. The molecule has 1 aromatic rings. The van der Waals surface area contributed by atoms with Crippen LogP contribution in [0.1, 0.15) is 30.5 Å². The first-order valence-corrected chi connectivity index (χ1v) is 7.46. The minimum Gasteiger partial charge on any atom is -0.370 e. The van der Waals surface area contributed by atoms with Gasteiger partial charge in [0.1, 0.15) is 13.1 Å². The minimum atomic E-state index is 0.114. The summed E-state index contributed by atoms with van der Waals surface area (Å²) in [5.74, 6) is 0.134. The van der Waals surface area contributed by atoms with Crippen molar-refractivity contribution in [2.45, 2.75) is 26.3 Å². The van der Waals surface area contributed by atoms with Crippen molar-refractivity contribution in [3.05, 3.63) is 35.4 Å². The van der Waals surface area contributed by atoms with Crippen LogP contribution in [0.4, 0.5) is 0 Å². The van der Waals surface area contributed by atoms with Gasteiger partial charge in [0.2, 0.25) is 0 Å². The first-order valence-electron chi connectivity index (χ1n) is 7.46. The fourth-order valence-electron chi connectivity index (χ4n) is 2.53. The zero-order valence-electron chi connectivity index (χ0n) is 12.4. The van der Waals surface area contributed by atoms with Crippen LogP contribution in [0.5, 0.6) is 0 Å². The van der Waals surface area contributed by atoms with Crippen LogP contribution in [0.3, 0.4) is 0 Å². The number of nitrogens with one attached hydrogen (secondary N) is 2. The molecule has 1 heterocycles. The largest absolute Gasteiger partial charge is 0.370 e. The molecule has 110 valence electrons. The summed E-state index contributed by atoms with van der Waals surface area (Å²) in [6, 6.07) is 8.51. The van der Waals surface area contributed by atoms with Gasteiger partial charge in [-0.1, -0.05) is 36.8 Å². The average Bonchev–Trinajstić information content (AvgIpc) is 2.47. The van der Waals surface area contributed by atoms with Crippen molar-refractivity contribution in [2.75, 3.05) is 32.8 Å². The van der Waals surface area contributed by atoms with Crippen LogP contribution in [-0.4, -0.2) is 38.8 Å². The molecule has 1 aromatic carbocycles. The number of carbonyl (C=O) groups is 1. The number of carbonyl (C=O) groups excluding carboxylic acids is 1. The normalized spacial score (nSPS) is 17.7. The van der Waals surface area contributed by atoms with Crippen molar-refractivity contribution in [2.24, 2.45) is 0 Å². The molecule has 0 aliphatic carbocycles. The summed E-state index contributed by atoms with van der Waals surface area (Å²) in [4.78, 5) is 13.5. The first kappa shape index (κ1) is 15.0. The fraction of sp³-hybridized carbons (Fsp3) is 0.562. The summed E-state index contributed by atoms with van der Waals surface area (Å²) in [6.07, 6.45) is 0.910. The highest BCUT2D eigenvalue weighted by molar-refractivity contribution is 5.77. The maximum Gasteiger partial charge on any atom is 0.275 e. The van der Waals surface area contributed by atoms with E-state index in [9.17, 15) is 4.79 Å². The Morgan fingerprint density at radius 2 is 1.95 bits per heavy atom. The lowest BCUT2D eigenvalue weighted by Crippen LogP contribution is -3.15. The van der Waals surface area contributed by atoms with Gasteiger partial charge in [-0.2, -0.15) is 0 Å². The summed E-state index contributed by atoms with van der Waals surface area (Å²) >= 11 is 0. The lowest BCUT2D eigenvalue weighted by Gasteiger charge is -2.24. The molecular weight excluding hydrogens is 252 g/mol. The standard InChI is InChI=1S/C16H24N2O2/c1-3-15(14-6-4-13(2)5-7-14)17-16(19)12-18-8-10-20-11-9-18/h4-7,15H,3,8-12H2,1-2H3,(H,17,19)/p+1/t15-/m1/s1. The Morgan fingerprint density at radius 3 is 2.55 bits per heavy atom. The number of benzene rings is 1. The van der Waals surface area contributed by atoms with Crippen molar-refractivity contribution in [3.8, 4) is 0 Å². The second-order valence-electron chi connectivity index (χ2n) is 5.48. The smallest absolute Gasteiger partial charge is 0.275 e. The van der Waals surface area contributed by atoms with Crippen molar-refractivity contribution < 1.29 is 14.4 Å². The van der Waals surface area contributed by atoms with Crippen LogP contribution in [0, 0.1) is 6.92 Å². The van der Waals surface area contributed by atoms with E-state index >= 15 is 0 Å². The van der Waals surface area contributed by atoms with Crippen LogP contribution < -0.4 is 10.2 Å². The van der Waals surface area contributed by atoms with Crippen LogP contribution in [0.2, 0.25) is 0 Å². The number of aryl methyl sites for hydroxylation is 1. The van der Waals surface area contributed by atoms with E-state index in [1.165, 1.54) is 16.0 Å². The molecule has 0 spiro atoms. The summed E-state index contributed by atoms with van der Waals surface area (Å²) < 4.78 is 5.31. The molecule has 1 fully saturated rings. The van der Waals surface area contributed by atoms with E-state index in [2.05, 4.69) is 43.4 Å². The molecule has 1 atom stereocenters. The van der Waals surface area contributed by atoms with Crippen LogP contribution in [0.25, 0.3) is 0 Å². The highest BCUT2D eigenvalue weighted by Crippen LogP contribution is 2.16. The second-order valence-corrected chi connectivity index (χ2v) is 5.48. The summed E-state index contributed by atoms with van der Waals surface area (Å²) in [5, 5.41) is 3.15. The van der Waals surface area contributed by atoms with E-state index in [0.717, 1.165) is 32.7 Å². The molecule has 2 N–H and O–H groups in total. The molecule has 20 heavy (non-hydrogen) atoms.